The van der Waals surface area contributed by atoms with Crippen molar-refractivity contribution in [1.82, 2.24) is 5.32 Å². The van der Waals surface area contributed by atoms with Crippen LogP contribution in [0, 0.1) is 27.7 Å². The second kappa shape index (κ2) is 7.07. The molecule has 0 aromatic heterocycles. The van der Waals surface area contributed by atoms with Crippen molar-refractivity contribution >= 4 is 16.0 Å². The van der Waals surface area contributed by atoms with Crippen molar-refractivity contribution < 1.29 is 17.8 Å². The number of carbonyl (C=O) groups is 1. The van der Waals surface area contributed by atoms with E-state index in [1.54, 1.807) is 13.8 Å². The molecule has 122 valence electrons. The number of carbonyl (C=O) groups excluding carboxylic acids is 1. The number of hydrogen-bond acceptors (Lipinski definition) is 3. The maximum atomic E-state index is 11.6. The van der Waals surface area contributed by atoms with Gasteiger partial charge in [-0.25, -0.2) is 0 Å². The molecular formula is C16H23NO4S. The van der Waals surface area contributed by atoms with E-state index in [9.17, 15) is 17.8 Å². The molecule has 1 rings (SSSR count). The van der Waals surface area contributed by atoms with Crippen LogP contribution in [0.4, 0.5) is 0 Å². The number of benzene rings is 1. The van der Waals surface area contributed by atoms with Gasteiger partial charge in [0.25, 0.3) is 10.1 Å². The van der Waals surface area contributed by atoms with Crippen LogP contribution in [0.25, 0.3) is 0 Å². The average molecular weight is 325 g/mol. The van der Waals surface area contributed by atoms with E-state index in [-0.39, 0.29) is 10.8 Å². The van der Waals surface area contributed by atoms with Crippen LogP contribution in [0.15, 0.2) is 17.6 Å². The minimum atomic E-state index is -4.26. The lowest BCUT2D eigenvalue weighted by Crippen LogP contribution is -2.22. The second-order valence-corrected chi connectivity index (χ2v) is 6.74. The first-order valence-corrected chi connectivity index (χ1v) is 8.52. The van der Waals surface area contributed by atoms with Crippen LogP contribution in [0.3, 0.4) is 0 Å². The van der Waals surface area contributed by atoms with Gasteiger partial charge in [0.1, 0.15) is 4.90 Å². The van der Waals surface area contributed by atoms with Crippen molar-refractivity contribution in [2.45, 2.75) is 45.4 Å². The minimum Gasteiger partial charge on any atom is -0.353 e. The lowest BCUT2D eigenvalue weighted by Gasteiger charge is -2.19. The van der Waals surface area contributed by atoms with Crippen LogP contribution < -0.4 is 5.32 Å². The molecule has 5 nitrogen and oxygen atoms in total. The zero-order valence-electron chi connectivity index (χ0n) is 13.5. The van der Waals surface area contributed by atoms with Crippen molar-refractivity contribution in [2.75, 3.05) is 6.54 Å². The summed E-state index contributed by atoms with van der Waals surface area (Å²) in [5, 5.41) is 2.69. The van der Waals surface area contributed by atoms with Gasteiger partial charge in [-0.15, -0.1) is 0 Å². The van der Waals surface area contributed by atoms with Crippen LogP contribution >= 0.6 is 0 Å². The smallest absolute Gasteiger partial charge is 0.295 e. The van der Waals surface area contributed by atoms with Crippen molar-refractivity contribution in [3.8, 4) is 0 Å². The Morgan fingerprint density at radius 3 is 2.23 bits per heavy atom. The highest BCUT2D eigenvalue weighted by molar-refractivity contribution is 7.86. The van der Waals surface area contributed by atoms with Gasteiger partial charge in [0, 0.05) is 6.54 Å². The maximum absolute atomic E-state index is 11.6. The first-order valence-electron chi connectivity index (χ1n) is 7.08. The van der Waals surface area contributed by atoms with E-state index in [0.717, 1.165) is 16.7 Å². The molecule has 0 saturated heterocycles. The van der Waals surface area contributed by atoms with E-state index in [0.29, 0.717) is 30.5 Å². The summed E-state index contributed by atoms with van der Waals surface area (Å²) in [6.45, 7) is 11.1. The lowest BCUT2D eigenvalue weighted by molar-refractivity contribution is -0.116. The normalized spacial score (nSPS) is 11.3. The first-order chi connectivity index (χ1) is 10.1. The molecule has 0 spiro atoms. The van der Waals surface area contributed by atoms with E-state index in [1.807, 2.05) is 13.8 Å². The van der Waals surface area contributed by atoms with Crippen molar-refractivity contribution in [3.05, 3.63) is 40.5 Å². The Balaban J connectivity index is 3.13. The van der Waals surface area contributed by atoms with E-state index in [2.05, 4.69) is 11.9 Å². The van der Waals surface area contributed by atoms with Gasteiger partial charge in [0.05, 0.1) is 0 Å². The monoisotopic (exact) mass is 325 g/mol. The second-order valence-electron chi connectivity index (χ2n) is 5.38. The summed E-state index contributed by atoms with van der Waals surface area (Å²) in [6.07, 6.45) is 2.51. The molecular weight excluding hydrogens is 302 g/mol. The standard InChI is InChI=1S/C16H23NO4S/c1-6-15(18)17-9-7-8-14-11(3)10(2)12(4)16(13(14)5)22(19,20)21/h6H,1,7-9H2,2-5H3,(H,17,18)(H,19,20,21). The molecule has 0 aliphatic rings. The number of nitrogens with one attached hydrogen (secondary N) is 1. The molecule has 1 aromatic carbocycles. The van der Waals surface area contributed by atoms with Gasteiger partial charge in [0.15, 0.2) is 0 Å². The van der Waals surface area contributed by atoms with Gasteiger partial charge in [-0.3, -0.25) is 9.35 Å². The van der Waals surface area contributed by atoms with Gasteiger partial charge < -0.3 is 5.32 Å². The van der Waals surface area contributed by atoms with Crippen molar-refractivity contribution in [1.29, 1.82) is 0 Å². The predicted octanol–water partition coefficient (Wildman–Crippen LogP) is 2.40. The first kappa shape index (κ1) is 18.4. The third kappa shape index (κ3) is 3.96. The third-order valence-electron chi connectivity index (χ3n) is 4.06. The summed E-state index contributed by atoms with van der Waals surface area (Å²) in [4.78, 5) is 11.1. The molecule has 0 fully saturated rings. The topological polar surface area (TPSA) is 83.5 Å². The zero-order valence-corrected chi connectivity index (χ0v) is 14.3. The largest absolute Gasteiger partial charge is 0.353 e. The molecule has 2 N–H and O–H groups in total. The number of amides is 1. The predicted molar refractivity (Wildman–Crippen MR) is 86.7 cm³/mol. The Labute approximate surface area is 132 Å². The molecule has 0 radical (unpaired) electrons. The highest BCUT2D eigenvalue weighted by Crippen LogP contribution is 2.30. The Hall–Kier alpha value is -1.66. The molecule has 22 heavy (non-hydrogen) atoms. The van der Waals surface area contributed by atoms with Crippen LogP contribution in [0.1, 0.15) is 34.2 Å². The molecule has 6 heteroatoms. The average Bonchev–Trinajstić information content (AvgIpc) is 2.42. The van der Waals surface area contributed by atoms with Gasteiger partial charge in [-0.05, 0) is 74.4 Å². The Morgan fingerprint density at radius 2 is 1.73 bits per heavy atom. The number of hydrogen-bond donors (Lipinski definition) is 2. The summed E-state index contributed by atoms with van der Waals surface area (Å²) in [7, 11) is -4.26. The van der Waals surface area contributed by atoms with Crippen molar-refractivity contribution in [2.24, 2.45) is 0 Å². The zero-order chi connectivity index (χ0) is 17.1. The van der Waals surface area contributed by atoms with E-state index < -0.39 is 10.1 Å². The summed E-state index contributed by atoms with van der Waals surface area (Å²) < 4.78 is 32.7. The van der Waals surface area contributed by atoms with Gasteiger partial charge in [0.2, 0.25) is 5.91 Å². The molecule has 0 saturated carbocycles. The SMILES string of the molecule is C=CC(=O)NCCCc1c(C)c(C)c(C)c(S(=O)(=O)O)c1C. The van der Waals surface area contributed by atoms with Crippen LogP contribution in [-0.4, -0.2) is 25.4 Å². The molecule has 1 amide bonds. The fourth-order valence-corrected chi connectivity index (χ4v) is 3.74. The fourth-order valence-electron chi connectivity index (χ4n) is 2.69. The molecule has 0 aliphatic carbocycles. The summed E-state index contributed by atoms with van der Waals surface area (Å²) in [5.74, 6) is -0.229. The molecule has 0 unspecified atom stereocenters. The highest BCUT2D eigenvalue weighted by Gasteiger charge is 2.22. The molecule has 1 aromatic rings. The van der Waals surface area contributed by atoms with E-state index >= 15 is 0 Å². The van der Waals surface area contributed by atoms with Crippen LogP contribution in [0.2, 0.25) is 0 Å². The van der Waals surface area contributed by atoms with Gasteiger partial charge >= 0.3 is 0 Å². The van der Waals surface area contributed by atoms with E-state index in [4.69, 9.17) is 0 Å². The van der Waals surface area contributed by atoms with Crippen LogP contribution in [0.5, 0.6) is 0 Å². The lowest BCUT2D eigenvalue weighted by atomic mass is 9.91. The fraction of sp³-hybridized carbons (Fsp3) is 0.438. The van der Waals surface area contributed by atoms with Crippen molar-refractivity contribution in [3.63, 3.8) is 0 Å². The third-order valence-corrected chi connectivity index (χ3v) is 5.19. The molecule has 0 heterocycles. The Kier molecular flexibility index (Phi) is 5.91. The van der Waals surface area contributed by atoms with E-state index in [1.165, 1.54) is 6.08 Å². The minimum absolute atomic E-state index is 0.000673. The molecule has 0 atom stereocenters. The molecule has 0 bridgehead atoms. The summed E-state index contributed by atoms with van der Waals surface area (Å²) in [5.41, 5.74) is 3.96. The highest BCUT2D eigenvalue weighted by atomic mass is 32.2. The quantitative estimate of drug-likeness (QED) is 0.478. The Morgan fingerprint density at radius 1 is 1.14 bits per heavy atom. The summed E-state index contributed by atoms with van der Waals surface area (Å²) in [6, 6.07) is 0. The maximum Gasteiger partial charge on any atom is 0.295 e. The Bertz CT molecular complexity index is 706. The van der Waals surface area contributed by atoms with Gasteiger partial charge in [-0.1, -0.05) is 6.58 Å². The summed E-state index contributed by atoms with van der Waals surface area (Å²) >= 11 is 0. The number of rotatable bonds is 6. The van der Waals surface area contributed by atoms with Gasteiger partial charge in [-0.2, -0.15) is 8.42 Å². The molecule has 0 aliphatic heterocycles. The van der Waals surface area contributed by atoms with Crippen LogP contribution in [-0.2, 0) is 21.3 Å².